The van der Waals surface area contributed by atoms with E-state index in [1.807, 2.05) is 13.0 Å². The lowest BCUT2D eigenvalue weighted by Crippen LogP contribution is -2.48. The van der Waals surface area contributed by atoms with Crippen LogP contribution in [0, 0.1) is 23.7 Å². The van der Waals surface area contributed by atoms with Gasteiger partial charge in [0, 0.05) is 49.2 Å². The number of amides is 2. The summed E-state index contributed by atoms with van der Waals surface area (Å²) in [6.45, 7) is 5.39. The number of methoxy groups -OCH3 is 1. The van der Waals surface area contributed by atoms with Crippen LogP contribution in [0.5, 0.6) is 5.75 Å². The fourth-order valence-electron chi connectivity index (χ4n) is 8.03. The molecule has 254 valence electrons. The van der Waals surface area contributed by atoms with Gasteiger partial charge in [0.05, 0.1) is 17.5 Å². The normalized spacial score (nSPS) is 31.6. The lowest BCUT2D eigenvalue weighted by molar-refractivity contribution is -0.133. The average Bonchev–Trinajstić information content (AvgIpc) is 3.18. The molecule has 1 fully saturated rings. The van der Waals surface area contributed by atoms with E-state index in [2.05, 4.69) is 39.2 Å². The molecule has 6 rings (SSSR count). The van der Waals surface area contributed by atoms with Gasteiger partial charge in [-0.3, -0.25) is 9.59 Å². The van der Waals surface area contributed by atoms with Crippen molar-refractivity contribution in [2.45, 2.75) is 69.1 Å². The van der Waals surface area contributed by atoms with Crippen molar-refractivity contribution in [3.05, 3.63) is 70.3 Å². The van der Waals surface area contributed by atoms with Gasteiger partial charge in [-0.1, -0.05) is 36.7 Å². The molecule has 0 radical (unpaired) electrons. The number of nitrogens with one attached hydrogen (secondary N) is 2. The lowest BCUT2D eigenvalue weighted by atomic mass is 9.69. The third kappa shape index (κ3) is 6.65. The molecule has 7 atom stereocenters. The number of anilines is 1. The van der Waals surface area contributed by atoms with Crippen molar-refractivity contribution in [3.8, 4) is 5.75 Å². The first-order valence-electron chi connectivity index (χ1n) is 16.7. The molecule has 0 saturated heterocycles. The highest BCUT2D eigenvalue weighted by atomic mass is 35.5. The highest BCUT2D eigenvalue weighted by Gasteiger charge is 2.43. The summed E-state index contributed by atoms with van der Waals surface area (Å²) in [6, 6.07) is 11.4. The van der Waals surface area contributed by atoms with Crippen molar-refractivity contribution < 1.29 is 27.5 Å². The van der Waals surface area contributed by atoms with Gasteiger partial charge in [-0.05, 0) is 105 Å². The Morgan fingerprint density at radius 2 is 1.98 bits per heavy atom. The van der Waals surface area contributed by atoms with Crippen LogP contribution in [0.3, 0.4) is 0 Å². The molecule has 2 N–H and O–H groups in total. The number of carbonyl (C=O) groups excluding carboxylic acids is 2. The third-order valence-electron chi connectivity index (χ3n) is 11.2. The van der Waals surface area contributed by atoms with E-state index in [0.717, 1.165) is 49.4 Å². The van der Waals surface area contributed by atoms with Gasteiger partial charge in [0.1, 0.15) is 11.9 Å². The van der Waals surface area contributed by atoms with Crippen LogP contribution in [0.4, 0.5) is 5.69 Å². The Hall–Kier alpha value is -3.08. The number of ether oxygens (including phenoxy) is 2. The van der Waals surface area contributed by atoms with Crippen molar-refractivity contribution in [1.82, 2.24) is 10.0 Å². The first-order chi connectivity index (χ1) is 22.4. The van der Waals surface area contributed by atoms with Gasteiger partial charge in [0.25, 0.3) is 5.91 Å². The number of benzene rings is 2. The van der Waals surface area contributed by atoms with Crippen LogP contribution in [0.2, 0.25) is 5.02 Å². The number of halogens is 1. The van der Waals surface area contributed by atoms with Crippen molar-refractivity contribution >= 4 is 39.1 Å². The predicted octanol–water partition coefficient (Wildman–Crippen LogP) is 5.26. The number of sulfonamides is 1. The van der Waals surface area contributed by atoms with E-state index >= 15 is 0 Å². The van der Waals surface area contributed by atoms with Crippen LogP contribution < -0.4 is 19.7 Å². The summed E-state index contributed by atoms with van der Waals surface area (Å²) in [5, 5.41) is 2.52. The molecule has 1 saturated carbocycles. The van der Waals surface area contributed by atoms with Crippen LogP contribution >= 0.6 is 11.6 Å². The van der Waals surface area contributed by atoms with Gasteiger partial charge in [-0.2, -0.15) is 0 Å². The topological polar surface area (TPSA) is 114 Å². The molecule has 2 aromatic rings. The van der Waals surface area contributed by atoms with Crippen molar-refractivity contribution in [2.24, 2.45) is 23.7 Å². The third-order valence-corrected chi connectivity index (χ3v) is 13.3. The Bertz CT molecular complexity index is 1660. The van der Waals surface area contributed by atoms with Crippen LogP contribution in [-0.4, -0.2) is 65.4 Å². The Labute approximate surface area is 283 Å². The number of fused-ring (bicyclic) bond motifs is 4. The molecule has 0 aromatic heterocycles. The second-order valence-electron chi connectivity index (χ2n) is 14.0. The summed E-state index contributed by atoms with van der Waals surface area (Å²) in [5.74, 6) is -0.325. The molecule has 11 heteroatoms. The summed E-state index contributed by atoms with van der Waals surface area (Å²) in [7, 11) is -0.973. The first-order valence-corrected chi connectivity index (χ1v) is 18.7. The number of hydrogen-bond acceptors (Lipinski definition) is 7. The Morgan fingerprint density at radius 3 is 2.70 bits per heavy atom. The minimum Gasteiger partial charge on any atom is -0.490 e. The van der Waals surface area contributed by atoms with Gasteiger partial charge in [0.2, 0.25) is 15.9 Å². The smallest absolute Gasteiger partial charge is 0.264 e. The highest BCUT2D eigenvalue weighted by molar-refractivity contribution is 7.90. The highest BCUT2D eigenvalue weighted by Crippen LogP contribution is 2.46. The molecule has 2 aliphatic heterocycles. The van der Waals surface area contributed by atoms with Crippen LogP contribution in [0.15, 0.2) is 48.6 Å². The maximum Gasteiger partial charge on any atom is 0.264 e. The summed E-state index contributed by atoms with van der Waals surface area (Å²) in [5.41, 5.74) is 3.30. The largest absolute Gasteiger partial charge is 0.490 e. The molecule has 1 spiro atoms. The first kappa shape index (κ1) is 33.8. The molecule has 2 amide bonds. The molecule has 2 bridgehead atoms. The molecular formula is C36H46ClN3O6S. The molecule has 47 heavy (non-hydrogen) atoms. The lowest BCUT2D eigenvalue weighted by Gasteiger charge is -2.44. The number of rotatable bonds is 3. The van der Waals surface area contributed by atoms with Crippen molar-refractivity contribution in [3.63, 3.8) is 0 Å². The Balaban J connectivity index is 1.42. The van der Waals surface area contributed by atoms with Crippen LogP contribution in [0.1, 0.15) is 67.4 Å². The molecular weight excluding hydrogens is 638 g/mol. The van der Waals surface area contributed by atoms with Gasteiger partial charge < -0.3 is 19.7 Å². The number of carbonyl (C=O) groups is 2. The second kappa shape index (κ2) is 13.4. The van der Waals surface area contributed by atoms with E-state index in [0.29, 0.717) is 31.2 Å². The summed E-state index contributed by atoms with van der Waals surface area (Å²) in [4.78, 5) is 28.8. The fraction of sp³-hybridized carbons (Fsp3) is 0.556. The summed E-state index contributed by atoms with van der Waals surface area (Å²) in [6.07, 6.45) is 8.92. The minimum atomic E-state index is -4.05. The molecule has 4 aliphatic rings. The van der Waals surface area contributed by atoms with Gasteiger partial charge in [-0.15, -0.1) is 0 Å². The zero-order valence-corrected chi connectivity index (χ0v) is 29.2. The van der Waals surface area contributed by atoms with E-state index in [1.165, 1.54) is 18.2 Å². The van der Waals surface area contributed by atoms with Crippen LogP contribution in [-0.2, 0) is 31.4 Å². The van der Waals surface area contributed by atoms with E-state index in [9.17, 15) is 18.0 Å². The number of likely N-dealkylation sites (N-methyl/N-ethyl adjacent to an activating group) is 1. The van der Waals surface area contributed by atoms with E-state index in [-0.39, 0.29) is 34.6 Å². The number of aryl methyl sites for hydroxylation is 1. The van der Waals surface area contributed by atoms with Gasteiger partial charge >= 0.3 is 0 Å². The zero-order valence-electron chi connectivity index (χ0n) is 27.6. The molecule has 0 unspecified atom stereocenters. The maximum atomic E-state index is 13.6. The molecule has 2 aliphatic carbocycles. The monoisotopic (exact) mass is 683 g/mol. The summed E-state index contributed by atoms with van der Waals surface area (Å²) >= 11 is 6.42. The Morgan fingerprint density at radius 1 is 1.17 bits per heavy atom. The predicted molar refractivity (Wildman–Crippen MR) is 184 cm³/mol. The minimum absolute atomic E-state index is 0.257. The number of nitrogens with zero attached hydrogens (tertiary/aromatic N) is 1. The SMILES string of the molecule is CNC(=O)[C@@H](OC)[C@@H]1/C=C/[C@@H]2CC[C@H]2CN2C[C@@]3(CCCc4cc(Cl)ccc43)COc3ccc(cc32)C(=O)NS(=O)(=O)[C@H](C)[C@@H](C)C1. The van der Waals surface area contributed by atoms with E-state index in [4.69, 9.17) is 21.1 Å². The average molecular weight is 684 g/mol. The van der Waals surface area contributed by atoms with E-state index < -0.39 is 27.3 Å². The zero-order chi connectivity index (χ0) is 33.5. The maximum absolute atomic E-state index is 13.6. The molecule has 2 aromatic carbocycles. The van der Waals surface area contributed by atoms with E-state index in [1.54, 1.807) is 32.2 Å². The fourth-order valence-corrected chi connectivity index (χ4v) is 9.51. The molecule has 2 heterocycles. The number of hydrogen-bond donors (Lipinski definition) is 2. The van der Waals surface area contributed by atoms with Gasteiger partial charge in [0.15, 0.2) is 0 Å². The standard InChI is InChI=1S/C36H46ClN3O6S/c1-22-16-26(33(45-4)35(42)38-3)9-7-24-8-10-28(24)19-40-20-36(15-5-6-25-17-29(37)12-13-30(25)36)21-46-32-14-11-27(18-31(32)40)34(41)39-47(43,44)23(22)2/h7,9,11-14,17-18,22-24,26,28,33H,5-6,8,10,15-16,19-21H2,1-4H3,(H,38,42)(H,39,41)/b9-7+/t22-,23+,24+,26+,28-,33-,36-/m0/s1. The van der Waals surface area contributed by atoms with Gasteiger partial charge in [-0.25, -0.2) is 13.1 Å². The number of allylic oxidation sites excluding steroid dienone is 1. The molecule has 9 nitrogen and oxygen atoms in total. The quantitative estimate of drug-likeness (QED) is 0.425. The van der Waals surface area contributed by atoms with Crippen LogP contribution in [0.25, 0.3) is 0 Å². The second-order valence-corrected chi connectivity index (χ2v) is 16.5. The summed E-state index contributed by atoms with van der Waals surface area (Å²) < 4.78 is 41.7. The van der Waals surface area contributed by atoms with Crippen molar-refractivity contribution in [1.29, 1.82) is 0 Å². The van der Waals surface area contributed by atoms with Crippen molar-refractivity contribution in [2.75, 3.05) is 38.8 Å². The Kier molecular flexibility index (Phi) is 9.67.